The lowest BCUT2D eigenvalue weighted by Gasteiger charge is -2.14. The van der Waals surface area contributed by atoms with Crippen LogP contribution in [0.1, 0.15) is 57.9 Å². The van der Waals surface area contributed by atoms with E-state index in [9.17, 15) is 9.59 Å². The molecule has 2 heterocycles. The van der Waals surface area contributed by atoms with Gasteiger partial charge in [-0.2, -0.15) is 0 Å². The van der Waals surface area contributed by atoms with Crippen LogP contribution >= 0.6 is 11.3 Å². The van der Waals surface area contributed by atoms with Gasteiger partial charge in [0.05, 0.1) is 6.04 Å². The third kappa shape index (κ3) is 4.14. The molecule has 1 aliphatic heterocycles. The van der Waals surface area contributed by atoms with Gasteiger partial charge in [0.25, 0.3) is 5.91 Å². The van der Waals surface area contributed by atoms with Crippen molar-refractivity contribution in [2.24, 2.45) is 0 Å². The molecule has 2 aromatic rings. The Bertz CT molecular complexity index is 867. The first-order chi connectivity index (χ1) is 13.6. The van der Waals surface area contributed by atoms with Crippen LogP contribution in [-0.4, -0.2) is 25.3 Å². The molecule has 148 valence electrons. The molecule has 0 bridgehead atoms. The van der Waals surface area contributed by atoms with E-state index in [4.69, 9.17) is 14.2 Å². The standard InChI is InChI=1S/C21H23NO5S/c1-13(14-7-8-16-17(9-14)27-12-26-16)22-20(23)11-25-21(24)19-10-15-5-3-2-4-6-18(15)28-19/h7-10,13H,2-6,11-12H2,1H3,(H,22,23)/t13-/m0/s1. The van der Waals surface area contributed by atoms with Crippen LogP contribution in [-0.2, 0) is 22.4 Å². The van der Waals surface area contributed by atoms with Crippen LogP contribution < -0.4 is 14.8 Å². The molecule has 1 atom stereocenters. The molecular weight excluding hydrogens is 378 g/mol. The van der Waals surface area contributed by atoms with Crippen molar-refractivity contribution in [3.05, 3.63) is 45.1 Å². The quantitative estimate of drug-likeness (QED) is 0.610. The summed E-state index contributed by atoms with van der Waals surface area (Å²) < 4.78 is 15.9. The zero-order valence-corrected chi connectivity index (χ0v) is 16.6. The molecule has 7 heteroatoms. The van der Waals surface area contributed by atoms with Crippen molar-refractivity contribution in [3.63, 3.8) is 0 Å². The minimum Gasteiger partial charge on any atom is -0.454 e. The molecule has 2 aliphatic rings. The maximum absolute atomic E-state index is 12.3. The van der Waals surface area contributed by atoms with E-state index in [0.29, 0.717) is 16.4 Å². The van der Waals surface area contributed by atoms with Gasteiger partial charge in [0.15, 0.2) is 18.1 Å². The third-order valence-electron chi connectivity index (χ3n) is 5.06. The number of hydrogen-bond acceptors (Lipinski definition) is 6. The Kier molecular flexibility index (Phi) is 5.52. The second-order valence-corrected chi connectivity index (χ2v) is 8.23. The molecule has 0 saturated heterocycles. The van der Waals surface area contributed by atoms with E-state index < -0.39 is 5.97 Å². The molecule has 1 aromatic carbocycles. The van der Waals surface area contributed by atoms with Gasteiger partial charge >= 0.3 is 5.97 Å². The number of fused-ring (bicyclic) bond motifs is 2. The smallest absolute Gasteiger partial charge is 0.348 e. The molecule has 28 heavy (non-hydrogen) atoms. The van der Waals surface area contributed by atoms with Gasteiger partial charge in [-0.05, 0) is 61.9 Å². The van der Waals surface area contributed by atoms with Crippen molar-refractivity contribution >= 4 is 23.2 Å². The Morgan fingerprint density at radius 2 is 1.96 bits per heavy atom. The van der Waals surface area contributed by atoms with Crippen LogP contribution in [0.25, 0.3) is 0 Å². The fourth-order valence-corrected chi connectivity index (χ4v) is 4.67. The highest BCUT2D eigenvalue weighted by Gasteiger charge is 2.20. The van der Waals surface area contributed by atoms with Crippen molar-refractivity contribution in [3.8, 4) is 11.5 Å². The summed E-state index contributed by atoms with van der Waals surface area (Å²) in [6.45, 7) is 1.78. The van der Waals surface area contributed by atoms with E-state index >= 15 is 0 Å². The fraction of sp³-hybridized carbons (Fsp3) is 0.429. The SMILES string of the molecule is C[C@H](NC(=O)COC(=O)c1cc2c(s1)CCCCC2)c1ccc2c(c1)OCO2. The summed E-state index contributed by atoms with van der Waals surface area (Å²) in [6.07, 6.45) is 5.62. The van der Waals surface area contributed by atoms with Crippen LogP contribution in [0.2, 0.25) is 0 Å². The van der Waals surface area contributed by atoms with Crippen LogP contribution in [0.4, 0.5) is 0 Å². The highest BCUT2D eigenvalue weighted by molar-refractivity contribution is 7.14. The number of esters is 1. The summed E-state index contributed by atoms with van der Waals surface area (Å²) in [4.78, 5) is 26.4. The predicted octanol–water partition coefficient (Wildman–Crippen LogP) is 3.78. The molecule has 1 aromatic heterocycles. The first-order valence-electron chi connectivity index (χ1n) is 9.58. The second-order valence-electron chi connectivity index (χ2n) is 7.10. The molecule has 0 saturated carbocycles. The van der Waals surface area contributed by atoms with Gasteiger partial charge in [-0.15, -0.1) is 11.3 Å². The Labute approximate surface area is 167 Å². The summed E-state index contributed by atoms with van der Waals surface area (Å²) in [6, 6.07) is 7.24. The monoisotopic (exact) mass is 401 g/mol. The highest BCUT2D eigenvalue weighted by Crippen LogP contribution is 2.34. The van der Waals surface area contributed by atoms with Crippen molar-refractivity contribution in [2.45, 2.75) is 45.1 Å². The average Bonchev–Trinajstić information content (AvgIpc) is 3.27. The average molecular weight is 401 g/mol. The lowest BCUT2D eigenvalue weighted by Crippen LogP contribution is -2.31. The second kappa shape index (κ2) is 8.22. The number of benzene rings is 1. The van der Waals surface area contributed by atoms with Crippen molar-refractivity contribution in [2.75, 3.05) is 13.4 Å². The zero-order valence-electron chi connectivity index (χ0n) is 15.8. The first-order valence-corrected chi connectivity index (χ1v) is 10.4. The minimum absolute atomic E-state index is 0.210. The topological polar surface area (TPSA) is 73.9 Å². The largest absolute Gasteiger partial charge is 0.454 e. The van der Waals surface area contributed by atoms with Gasteiger partial charge in [-0.25, -0.2) is 4.79 Å². The maximum atomic E-state index is 12.3. The van der Waals surface area contributed by atoms with Crippen LogP contribution in [0.5, 0.6) is 11.5 Å². The van der Waals surface area contributed by atoms with Crippen LogP contribution in [0.3, 0.4) is 0 Å². The number of hydrogen-bond donors (Lipinski definition) is 1. The van der Waals surface area contributed by atoms with Crippen molar-refractivity contribution in [1.82, 2.24) is 5.32 Å². The van der Waals surface area contributed by atoms with Crippen LogP contribution in [0, 0.1) is 0 Å². The maximum Gasteiger partial charge on any atom is 0.348 e. The molecule has 0 fully saturated rings. The minimum atomic E-state index is -0.427. The Hall–Kier alpha value is -2.54. The highest BCUT2D eigenvalue weighted by atomic mass is 32.1. The van der Waals surface area contributed by atoms with Crippen LogP contribution in [0.15, 0.2) is 24.3 Å². The molecule has 0 unspecified atom stereocenters. The number of nitrogens with one attached hydrogen (secondary N) is 1. The Balaban J connectivity index is 1.30. The number of rotatable bonds is 5. The normalized spacial score (nSPS) is 16.0. The van der Waals surface area contributed by atoms with Gasteiger partial charge in [0.1, 0.15) is 4.88 Å². The van der Waals surface area contributed by atoms with Gasteiger partial charge in [0, 0.05) is 4.88 Å². The molecule has 1 N–H and O–H groups in total. The number of amides is 1. The number of thiophene rings is 1. The number of ether oxygens (including phenoxy) is 3. The summed E-state index contributed by atoms with van der Waals surface area (Å²) in [5.74, 6) is 0.605. The molecule has 0 spiro atoms. The predicted molar refractivity (Wildman–Crippen MR) is 105 cm³/mol. The lowest BCUT2D eigenvalue weighted by molar-refractivity contribution is -0.124. The molecule has 0 radical (unpaired) electrons. The van der Waals surface area contributed by atoms with E-state index in [2.05, 4.69) is 5.32 Å². The first kappa shape index (κ1) is 18.8. The molecule has 1 amide bonds. The van der Waals surface area contributed by atoms with E-state index in [1.54, 1.807) is 0 Å². The van der Waals surface area contributed by atoms with E-state index in [1.807, 2.05) is 31.2 Å². The third-order valence-corrected chi connectivity index (χ3v) is 6.27. The Morgan fingerprint density at radius 3 is 2.86 bits per heavy atom. The summed E-state index contributed by atoms with van der Waals surface area (Å²) in [7, 11) is 0. The summed E-state index contributed by atoms with van der Waals surface area (Å²) in [5, 5.41) is 2.84. The van der Waals surface area contributed by atoms with Gasteiger partial charge in [0.2, 0.25) is 6.79 Å². The molecule has 1 aliphatic carbocycles. The fourth-order valence-electron chi connectivity index (χ4n) is 3.52. The van der Waals surface area contributed by atoms with Crippen molar-refractivity contribution in [1.29, 1.82) is 0 Å². The van der Waals surface area contributed by atoms with E-state index in [1.165, 1.54) is 41.0 Å². The van der Waals surface area contributed by atoms with E-state index in [-0.39, 0.29) is 25.3 Å². The number of carbonyl (C=O) groups is 2. The molecule has 4 rings (SSSR count). The van der Waals surface area contributed by atoms with Gasteiger partial charge in [-0.1, -0.05) is 12.5 Å². The lowest BCUT2D eigenvalue weighted by atomic mass is 10.1. The number of carbonyl (C=O) groups excluding carboxylic acids is 2. The molecular formula is C21H23NO5S. The number of aryl methyl sites for hydroxylation is 2. The van der Waals surface area contributed by atoms with Gasteiger partial charge < -0.3 is 19.5 Å². The Morgan fingerprint density at radius 1 is 1.14 bits per heavy atom. The molecule has 6 nitrogen and oxygen atoms in total. The van der Waals surface area contributed by atoms with Gasteiger partial charge in [-0.3, -0.25) is 4.79 Å². The van der Waals surface area contributed by atoms with E-state index in [0.717, 1.165) is 18.4 Å². The zero-order chi connectivity index (χ0) is 19.5. The summed E-state index contributed by atoms with van der Waals surface area (Å²) >= 11 is 1.50. The summed E-state index contributed by atoms with van der Waals surface area (Å²) in [5.41, 5.74) is 2.15. The van der Waals surface area contributed by atoms with Crippen molar-refractivity contribution < 1.29 is 23.8 Å².